The van der Waals surface area contributed by atoms with Gasteiger partial charge in [-0.15, -0.1) is 0 Å². The number of carbonyl (C=O) groups is 1. The molecule has 3 fully saturated rings. The molecule has 0 N–H and O–H groups in total. The van der Waals surface area contributed by atoms with Crippen molar-refractivity contribution in [1.82, 2.24) is 0 Å². The molecule has 7 atom stereocenters. The number of ketones is 1. The van der Waals surface area contributed by atoms with E-state index in [1.807, 2.05) is 0 Å². The van der Waals surface area contributed by atoms with Gasteiger partial charge in [0.1, 0.15) is 6.10 Å². The Bertz CT molecular complexity index is 848. The Kier molecular flexibility index (Phi) is 4.82. The number of halogens is 3. The van der Waals surface area contributed by atoms with Crippen LogP contribution in [0.3, 0.4) is 0 Å². The summed E-state index contributed by atoms with van der Waals surface area (Å²) in [6.45, 7) is 6.37. The number of rotatable bonds is 2. The van der Waals surface area contributed by atoms with Crippen LogP contribution in [0.15, 0.2) is 11.6 Å². The maximum Gasteiger partial charge on any atom is 0.523 e. The van der Waals surface area contributed by atoms with Crippen LogP contribution in [0.1, 0.15) is 65.7 Å². The highest BCUT2D eigenvalue weighted by molar-refractivity contribution is 7.87. The van der Waals surface area contributed by atoms with E-state index in [0.717, 1.165) is 32.1 Å². The van der Waals surface area contributed by atoms with Crippen molar-refractivity contribution in [3.63, 3.8) is 0 Å². The molecule has 0 radical (unpaired) electrons. The number of carbonyl (C=O) groups excluding carboxylic acids is 1. The summed E-state index contributed by atoms with van der Waals surface area (Å²) in [6, 6.07) is 0. The minimum Gasteiger partial charge on any atom is -0.296 e. The lowest BCUT2D eigenvalue weighted by Gasteiger charge is -2.56. The standard InChI is InChI=1S/C21H29F3O4S/c1-12-6-8-19(2)13(10-12)4-5-14-15(19)7-9-20(3)16(14)11-17(18(20)25)28-29(26,27)21(22,23)24/h4,12,14-17H,5-11H2,1-3H3/t12-,14+,15-,16-,17-,19-,20-/m0/s1. The van der Waals surface area contributed by atoms with Crippen LogP contribution in [0.2, 0.25) is 0 Å². The fourth-order valence-electron chi connectivity index (χ4n) is 6.90. The first-order valence-electron chi connectivity index (χ1n) is 10.5. The van der Waals surface area contributed by atoms with E-state index >= 15 is 0 Å². The van der Waals surface area contributed by atoms with Gasteiger partial charge in [0.15, 0.2) is 5.78 Å². The van der Waals surface area contributed by atoms with Gasteiger partial charge in [-0.3, -0.25) is 8.98 Å². The molecule has 8 heteroatoms. The van der Waals surface area contributed by atoms with Crippen molar-refractivity contribution in [2.75, 3.05) is 0 Å². The quantitative estimate of drug-likeness (QED) is 0.349. The van der Waals surface area contributed by atoms with Crippen LogP contribution in [0.25, 0.3) is 0 Å². The fraction of sp³-hybridized carbons (Fsp3) is 0.857. The van der Waals surface area contributed by atoms with Gasteiger partial charge in [0.05, 0.1) is 0 Å². The highest BCUT2D eigenvalue weighted by atomic mass is 32.2. The molecule has 0 bridgehead atoms. The van der Waals surface area contributed by atoms with Crippen molar-refractivity contribution < 1.29 is 30.6 Å². The largest absolute Gasteiger partial charge is 0.523 e. The lowest BCUT2D eigenvalue weighted by Crippen LogP contribution is -2.50. The second-order valence-corrected chi connectivity index (χ2v) is 11.7. The van der Waals surface area contributed by atoms with Crippen LogP contribution < -0.4 is 0 Å². The summed E-state index contributed by atoms with van der Waals surface area (Å²) in [7, 11) is -5.78. The van der Waals surface area contributed by atoms with Crippen molar-refractivity contribution in [3.8, 4) is 0 Å². The molecule has 0 saturated heterocycles. The van der Waals surface area contributed by atoms with E-state index in [1.54, 1.807) is 6.92 Å². The summed E-state index contributed by atoms with van der Waals surface area (Å²) in [5.41, 5.74) is -4.75. The Morgan fingerprint density at radius 2 is 1.76 bits per heavy atom. The van der Waals surface area contributed by atoms with E-state index in [0.29, 0.717) is 18.3 Å². The van der Waals surface area contributed by atoms with Crippen LogP contribution in [0.5, 0.6) is 0 Å². The Labute approximate surface area is 170 Å². The number of alkyl halides is 3. The topological polar surface area (TPSA) is 60.4 Å². The second kappa shape index (κ2) is 6.55. The number of fused-ring (bicyclic) bond motifs is 5. The Balaban J connectivity index is 1.62. The smallest absolute Gasteiger partial charge is 0.296 e. The van der Waals surface area contributed by atoms with Crippen molar-refractivity contribution in [1.29, 1.82) is 0 Å². The van der Waals surface area contributed by atoms with Crippen molar-refractivity contribution in [2.45, 2.75) is 77.3 Å². The third-order valence-electron chi connectivity index (χ3n) is 8.59. The zero-order chi connectivity index (χ0) is 21.4. The van der Waals surface area contributed by atoms with Crippen molar-refractivity contribution in [2.24, 2.45) is 34.5 Å². The summed E-state index contributed by atoms with van der Waals surface area (Å²) in [5.74, 6) is 0.612. The van der Waals surface area contributed by atoms with E-state index < -0.39 is 32.9 Å². The van der Waals surface area contributed by atoms with Crippen LogP contribution in [0, 0.1) is 34.5 Å². The summed E-state index contributed by atoms with van der Waals surface area (Å²) < 4.78 is 65.8. The lowest BCUT2D eigenvalue weighted by molar-refractivity contribution is -0.136. The van der Waals surface area contributed by atoms with Gasteiger partial charge in [-0.1, -0.05) is 32.4 Å². The molecule has 3 saturated carbocycles. The maximum atomic E-state index is 13.0. The molecule has 0 aromatic rings. The third kappa shape index (κ3) is 3.11. The summed E-state index contributed by atoms with van der Waals surface area (Å²) >= 11 is 0. The first kappa shape index (κ1) is 21.3. The number of allylic oxidation sites excluding steroid dienone is 2. The minimum atomic E-state index is -5.78. The number of hydrogen-bond donors (Lipinski definition) is 0. The highest BCUT2D eigenvalue weighted by Gasteiger charge is 2.63. The van der Waals surface area contributed by atoms with Gasteiger partial charge in [0, 0.05) is 5.41 Å². The molecule has 0 aliphatic heterocycles. The first-order valence-corrected chi connectivity index (χ1v) is 11.9. The van der Waals surface area contributed by atoms with E-state index in [2.05, 4.69) is 24.1 Å². The SMILES string of the molecule is C[C@H]1CC[C@@]2(C)C(=CC[C@@H]3[C@@H]2CC[C@]2(C)C(=O)[C@@H](OS(=O)(=O)C(F)(F)F)C[C@@H]32)C1. The predicted molar refractivity (Wildman–Crippen MR) is 101 cm³/mol. The molecule has 0 heterocycles. The molecule has 4 rings (SSSR count). The van der Waals surface area contributed by atoms with E-state index in [9.17, 15) is 26.4 Å². The third-order valence-corrected chi connectivity index (χ3v) is 9.64. The minimum absolute atomic E-state index is 0.0570. The zero-order valence-corrected chi connectivity index (χ0v) is 17.9. The average molecular weight is 435 g/mol. The van der Waals surface area contributed by atoms with Crippen molar-refractivity contribution >= 4 is 15.9 Å². The summed E-state index contributed by atoms with van der Waals surface area (Å²) in [5, 5.41) is 0. The Morgan fingerprint density at radius 3 is 2.41 bits per heavy atom. The Morgan fingerprint density at radius 1 is 1.10 bits per heavy atom. The lowest BCUT2D eigenvalue weighted by atomic mass is 9.47. The molecule has 0 unspecified atom stereocenters. The zero-order valence-electron chi connectivity index (χ0n) is 17.1. The number of hydrogen-bond acceptors (Lipinski definition) is 4. The molecule has 4 aliphatic carbocycles. The van der Waals surface area contributed by atoms with E-state index in [-0.39, 0.29) is 23.7 Å². The van der Waals surface area contributed by atoms with E-state index in [1.165, 1.54) is 5.57 Å². The predicted octanol–water partition coefficient (Wildman–Crippen LogP) is 5.00. The van der Waals surface area contributed by atoms with Gasteiger partial charge >= 0.3 is 15.6 Å². The highest BCUT2D eigenvalue weighted by Crippen LogP contribution is 2.64. The van der Waals surface area contributed by atoms with Gasteiger partial charge in [0.2, 0.25) is 0 Å². The van der Waals surface area contributed by atoms with E-state index in [4.69, 9.17) is 0 Å². The van der Waals surface area contributed by atoms with Gasteiger partial charge in [-0.2, -0.15) is 21.6 Å². The van der Waals surface area contributed by atoms with Gasteiger partial charge in [-0.25, -0.2) is 0 Å². The van der Waals surface area contributed by atoms with Gasteiger partial charge in [-0.05, 0) is 74.0 Å². The van der Waals surface area contributed by atoms with Crippen LogP contribution >= 0.6 is 0 Å². The maximum absolute atomic E-state index is 13.0. The van der Waals surface area contributed by atoms with Gasteiger partial charge in [0.25, 0.3) is 0 Å². The molecule has 0 amide bonds. The monoisotopic (exact) mass is 434 g/mol. The Hall–Kier alpha value is -0.890. The molecule has 0 aromatic carbocycles. The van der Waals surface area contributed by atoms with Crippen molar-refractivity contribution in [3.05, 3.63) is 11.6 Å². The molecule has 0 aromatic heterocycles. The molecule has 0 spiro atoms. The molecule has 164 valence electrons. The second-order valence-electron chi connectivity index (χ2n) is 10.1. The number of Topliss-reactive ketones (excluding diaryl/α,β-unsaturated/α-hetero) is 1. The average Bonchev–Trinajstić information content (AvgIpc) is 2.86. The molecule has 4 nitrogen and oxygen atoms in total. The summed E-state index contributed by atoms with van der Waals surface area (Å²) in [4.78, 5) is 13.0. The fourth-order valence-corrected chi connectivity index (χ4v) is 7.48. The summed E-state index contributed by atoms with van der Waals surface area (Å²) in [6.07, 6.45) is 6.43. The molecule has 4 aliphatic rings. The van der Waals surface area contributed by atoms with Crippen LogP contribution in [-0.2, 0) is 19.1 Å². The molecule has 29 heavy (non-hydrogen) atoms. The van der Waals surface area contributed by atoms with Crippen LogP contribution in [0.4, 0.5) is 13.2 Å². The first-order chi connectivity index (χ1) is 13.3. The van der Waals surface area contributed by atoms with Gasteiger partial charge < -0.3 is 0 Å². The molecular formula is C21H29F3O4S. The van der Waals surface area contributed by atoms with Crippen LogP contribution in [-0.4, -0.2) is 25.8 Å². The normalized spacial score (nSPS) is 45.2. The molecular weight excluding hydrogens is 405 g/mol.